The van der Waals surface area contributed by atoms with Crippen LogP contribution in [0.2, 0.25) is 0 Å². The first kappa shape index (κ1) is 11.6. The molecule has 0 saturated heterocycles. The highest BCUT2D eigenvalue weighted by Gasteiger charge is 2.15. The Hall–Kier alpha value is -1.43. The molecule has 0 fully saturated rings. The molecule has 1 aromatic carbocycles. The van der Waals surface area contributed by atoms with Crippen LogP contribution in [0.4, 0.5) is 0 Å². The van der Waals surface area contributed by atoms with Crippen molar-refractivity contribution in [1.29, 1.82) is 0 Å². The summed E-state index contributed by atoms with van der Waals surface area (Å²) in [6, 6.07) is 6.09. The van der Waals surface area contributed by atoms with Gasteiger partial charge in [-0.25, -0.2) is 4.98 Å². The molecule has 1 aliphatic heterocycles. The third-order valence-electron chi connectivity index (χ3n) is 3.02. The first-order valence-corrected chi connectivity index (χ1v) is 6.75. The van der Waals surface area contributed by atoms with Crippen molar-refractivity contribution in [3.63, 3.8) is 0 Å². The van der Waals surface area contributed by atoms with Crippen molar-refractivity contribution in [2.24, 2.45) is 5.73 Å². The molecule has 1 atom stereocenters. The Morgan fingerprint density at radius 2 is 2.39 bits per heavy atom. The van der Waals surface area contributed by atoms with Crippen LogP contribution in [0.15, 0.2) is 23.6 Å². The number of ether oxygens (including phenoxy) is 1. The van der Waals surface area contributed by atoms with Crippen molar-refractivity contribution in [3.05, 3.63) is 34.2 Å². The molecule has 2 aromatic rings. The quantitative estimate of drug-likeness (QED) is 0.884. The molecule has 0 amide bonds. The lowest BCUT2D eigenvalue weighted by molar-refractivity contribution is 0.186. The lowest BCUT2D eigenvalue weighted by atomic mass is 10.1. The zero-order valence-electron chi connectivity index (χ0n) is 9.80. The van der Waals surface area contributed by atoms with Crippen LogP contribution in [0.1, 0.15) is 16.7 Å². The number of hydrogen-bond acceptors (Lipinski definition) is 5. The van der Waals surface area contributed by atoms with Gasteiger partial charge < -0.3 is 15.6 Å². The van der Waals surface area contributed by atoms with Crippen LogP contribution in [-0.4, -0.2) is 23.2 Å². The summed E-state index contributed by atoms with van der Waals surface area (Å²) in [6.07, 6.45) is 0.285. The van der Waals surface area contributed by atoms with Crippen LogP contribution in [0.25, 0.3) is 11.3 Å². The number of thiazole rings is 1. The van der Waals surface area contributed by atoms with E-state index in [1.165, 1.54) is 16.9 Å². The van der Waals surface area contributed by atoms with E-state index in [0.717, 1.165) is 30.0 Å². The van der Waals surface area contributed by atoms with Crippen molar-refractivity contribution in [1.82, 2.24) is 4.98 Å². The summed E-state index contributed by atoms with van der Waals surface area (Å²) in [6.45, 7) is 0.956. The number of aliphatic hydroxyl groups excluding tert-OH is 1. The predicted molar refractivity (Wildman–Crippen MR) is 70.8 cm³/mol. The highest BCUT2D eigenvalue weighted by atomic mass is 32.1. The summed E-state index contributed by atoms with van der Waals surface area (Å²) >= 11 is 1.44. The van der Waals surface area contributed by atoms with Gasteiger partial charge in [-0.05, 0) is 23.8 Å². The van der Waals surface area contributed by atoms with Gasteiger partial charge >= 0.3 is 0 Å². The summed E-state index contributed by atoms with van der Waals surface area (Å²) in [5.74, 6) is 0.969. The highest BCUT2D eigenvalue weighted by molar-refractivity contribution is 7.10. The number of benzene rings is 1. The molecular formula is C13H14N2O2S. The SMILES string of the molecule is NCC(O)c1nc(-c2ccc3c(c2)CCO3)cs1. The topological polar surface area (TPSA) is 68.4 Å². The minimum Gasteiger partial charge on any atom is -0.493 e. The van der Waals surface area contributed by atoms with Crippen LogP contribution >= 0.6 is 11.3 Å². The molecule has 4 nitrogen and oxygen atoms in total. The summed E-state index contributed by atoms with van der Waals surface area (Å²) < 4.78 is 5.48. The fourth-order valence-corrected chi connectivity index (χ4v) is 2.85. The van der Waals surface area contributed by atoms with Gasteiger partial charge in [-0.15, -0.1) is 11.3 Å². The van der Waals surface area contributed by atoms with Gasteiger partial charge in [-0.2, -0.15) is 0 Å². The molecule has 0 saturated carbocycles. The maximum absolute atomic E-state index is 9.65. The van der Waals surface area contributed by atoms with Gasteiger partial charge in [-0.1, -0.05) is 0 Å². The van der Waals surface area contributed by atoms with Gasteiger partial charge in [-0.3, -0.25) is 0 Å². The summed E-state index contributed by atoms with van der Waals surface area (Å²) in [5.41, 5.74) is 8.60. The molecule has 1 aliphatic rings. The molecule has 18 heavy (non-hydrogen) atoms. The molecule has 94 valence electrons. The molecule has 5 heteroatoms. The van der Waals surface area contributed by atoms with Gasteiger partial charge in [0, 0.05) is 23.9 Å². The van der Waals surface area contributed by atoms with Gasteiger partial charge in [0.25, 0.3) is 0 Å². The van der Waals surface area contributed by atoms with Crippen LogP contribution in [-0.2, 0) is 6.42 Å². The van der Waals surface area contributed by atoms with Crippen LogP contribution in [0, 0.1) is 0 Å². The third kappa shape index (κ3) is 2.01. The van der Waals surface area contributed by atoms with Gasteiger partial charge in [0.2, 0.25) is 0 Å². The number of hydrogen-bond donors (Lipinski definition) is 2. The Bertz CT molecular complexity index is 568. The minimum atomic E-state index is -0.665. The first-order valence-electron chi connectivity index (χ1n) is 5.87. The van der Waals surface area contributed by atoms with Crippen LogP contribution in [0.3, 0.4) is 0 Å². The third-order valence-corrected chi connectivity index (χ3v) is 3.96. The summed E-state index contributed by atoms with van der Waals surface area (Å²) in [7, 11) is 0. The molecule has 1 aromatic heterocycles. The number of fused-ring (bicyclic) bond motifs is 1. The Kier molecular flexibility index (Phi) is 3.03. The average Bonchev–Trinajstić information content (AvgIpc) is 3.05. The molecular weight excluding hydrogens is 248 g/mol. The standard InChI is InChI=1S/C13H14N2O2S/c14-6-11(16)13-15-10(7-18-13)8-1-2-12-9(5-8)3-4-17-12/h1-2,5,7,11,16H,3-4,6,14H2. The molecule has 0 radical (unpaired) electrons. The maximum Gasteiger partial charge on any atom is 0.123 e. The van der Waals surface area contributed by atoms with E-state index >= 15 is 0 Å². The molecule has 2 heterocycles. The average molecular weight is 262 g/mol. The van der Waals surface area contributed by atoms with E-state index in [-0.39, 0.29) is 6.54 Å². The van der Waals surface area contributed by atoms with E-state index in [2.05, 4.69) is 11.1 Å². The van der Waals surface area contributed by atoms with E-state index in [4.69, 9.17) is 10.5 Å². The Balaban J connectivity index is 1.92. The first-order chi connectivity index (χ1) is 8.78. The predicted octanol–water partition coefficient (Wildman–Crippen LogP) is 1.74. The second-order valence-corrected chi connectivity index (χ2v) is 5.13. The Morgan fingerprint density at radius 3 is 3.22 bits per heavy atom. The molecule has 1 unspecified atom stereocenters. The normalized spacial score (nSPS) is 15.2. The number of aromatic nitrogens is 1. The zero-order valence-corrected chi connectivity index (χ0v) is 10.6. The maximum atomic E-state index is 9.65. The van der Waals surface area contributed by atoms with E-state index in [1.54, 1.807) is 0 Å². The highest BCUT2D eigenvalue weighted by Crippen LogP contribution is 2.31. The lowest BCUT2D eigenvalue weighted by Crippen LogP contribution is -2.11. The fraction of sp³-hybridized carbons (Fsp3) is 0.308. The van der Waals surface area contributed by atoms with Crippen molar-refractivity contribution >= 4 is 11.3 Å². The minimum absolute atomic E-state index is 0.199. The largest absolute Gasteiger partial charge is 0.493 e. The van der Waals surface area contributed by atoms with Crippen molar-refractivity contribution in [2.75, 3.05) is 13.2 Å². The lowest BCUT2D eigenvalue weighted by Gasteiger charge is -2.03. The Morgan fingerprint density at radius 1 is 1.50 bits per heavy atom. The molecule has 0 aliphatic carbocycles. The van der Waals surface area contributed by atoms with Crippen LogP contribution < -0.4 is 10.5 Å². The Labute approximate surface area is 109 Å². The van der Waals surface area contributed by atoms with E-state index < -0.39 is 6.10 Å². The monoisotopic (exact) mass is 262 g/mol. The van der Waals surface area contributed by atoms with E-state index in [1.807, 2.05) is 17.5 Å². The molecule has 3 N–H and O–H groups in total. The zero-order chi connectivity index (χ0) is 12.5. The molecule has 3 rings (SSSR count). The number of rotatable bonds is 3. The summed E-state index contributed by atoms with van der Waals surface area (Å²) in [4.78, 5) is 4.42. The molecule has 0 spiro atoms. The smallest absolute Gasteiger partial charge is 0.123 e. The van der Waals surface area contributed by atoms with Gasteiger partial charge in [0.1, 0.15) is 16.9 Å². The second kappa shape index (κ2) is 4.68. The summed E-state index contributed by atoms with van der Waals surface area (Å²) in [5, 5.41) is 12.3. The van der Waals surface area contributed by atoms with Crippen molar-refractivity contribution in [2.45, 2.75) is 12.5 Å². The number of aliphatic hydroxyl groups is 1. The van der Waals surface area contributed by atoms with Crippen LogP contribution in [0.5, 0.6) is 5.75 Å². The van der Waals surface area contributed by atoms with E-state index in [9.17, 15) is 5.11 Å². The number of nitrogens with zero attached hydrogens (tertiary/aromatic N) is 1. The number of nitrogens with two attached hydrogens (primary N) is 1. The van der Waals surface area contributed by atoms with Crippen molar-refractivity contribution in [3.8, 4) is 17.0 Å². The fourth-order valence-electron chi connectivity index (χ4n) is 2.02. The van der Waals surface area contributed by atoms with Gasteiger partial charge in [0.05, 0.1) is 12.3 Å². The van der Waals surface area contributed by atoms with Crippen molar-refractivity contribution < 1.29 is 9.84 Å². The van der Waals surface area contributed by atoms with E-state index in [0.29, 0.717) is 5.01 Å². The second-order valence-electron chi connectivity index (χ2n) is 4.24. The molecule has 0 bridgehead atoms. The van der Waals surface area contributed by atoms with Gasteiger partial charge in [0.15, 0.2) is 0 Å².